The van der Waals surface area contributed by atoms with Gasteiger partial charge in [0.2, 0.25) is 10.0 Å². The van der Waals surface area contributed by atoms with E-state index >= 15 is 0 Å². The van der Waals surface area contributed by atoms with Gasteiger partial charge >= 0.3 is 0 Å². The Morgan fingerprint density at radius 3 is 2.37 bits per heavy atom. The zero-order chi connectivity index (χ0) is 14.2. The van der Waals surface area contributed by atoms with E-state index in [0.29, 0.717) is 10.8 Å². The molecule has 1 heterocycles. The van der Waals surface area contributed by atoms with E-state index in [1.54, 1.807) is 22.5 Å². The summed E-state index contributed by atoms with van der Waals surface area (Å²) in [7, 11) is -3.38. The van der Waals surface area contributed by atoms with Crippen LogP contribution in [-0.2, 0) is 10.0 Å². The first-order valence-corrected chi connectivity index (χ1v) is 8.04. The third-order valence-electron chi connectivity index (χ3n) is 3.48. The minimum atomic E-state index is -3.38. The summed E-state index contributed by atoms with van der Waals surface area (Å²) >= 11 is 0. The lowest BCUT2D eigenvalue weighted by Crippen LogP contribution is -2.16. The summed E-state index contributed by atoms with van der Waals surface area (Å²) in [4.78, 5) is 0.371. The highest BCUT2D eigenvalue weighted by Crippen LogP contribution is 2.39. The zero-order valence-corrected chi connectivity index (χ0v) is 12.5. The van der Waals surface area contributed by atoms with Crippen molar-refractivity contribution in [2.45, 2.75) is 44.2 Å². The first-order valence-electron chi connectivity index (χ1n) is 6.60. The minimum Gasteiger partial charge on any atom is -0.207 e. The van der Waals surface area contributed by atoms with Crippen LogP contribution in [-0.4, -0.2) is 24.8 Å². The second kappa shape index (κ2) is 5.10. The predicted octanol–water partition coefficient (Wildman–Crippen LogP) is 2.97. The molecular formula is C15H21NO2S. The van der Waals surface area contributed by atoms with Gasteiger partial charge in [0.15, 0.2) is 0 Å². The van der Waals surface area contributed by atoms with Crippen LogP contribution >= 0.6 is 0 Å². The Balaban J connectivity index is 2.25. The van der Waals surface area contributed by atoms with Gasteiger partial charge in [-0.25, -0.2) is 8.42 Å². The van der Waals surface area contributed by atoms with E-state index < -0.39 is 10.0 Å². The van der Waals surface area contributed by atoms with Gasteiger partial charge in [0, 0.05) is 6.04 Å². The van der Waals surface area contributed by atoms with E-state index in [9.17, 15) is 8.42 Å². The van der Waals surface area contributed by atoms with E-state index in [4.69, 9.17) is 0 Å². The van der Waals surface area contributed by atoms with E-state index in [-0.39, 0.29) is 12.1 Å². The van der Waals surface area contributed by atoms with Crippen molar-refractivity contribution in [3.8, 4) is 0 Å². The van der Waals surface area contributed by atoms with Crippen LogP contribution in [0.5, 0.6) is 0 Å². The molecule has 104 valence electrons. The van der Waals surface area contributed by atoms with Crippen LogP contribution in [0.1, 0.15) is 25.8 Å². The van der Waals surface area contributed by atoms with Gasteiger partial charge < -0.3 is 0 Å². The van der Waals surface area contributed by atoms with E-state index in [0.717, 1.165) is 12.0 Å². The first kappa shape index (κ1) is 14.3. The van der Waals surface area contributed by atoms with Crippen LogP contribution in [0, 0.1) is 12.8 Å². The molecule has 1 aromatic rings. The van der Waals surface area contributed by atoms with Crippen LogP contribution < -0.4 is 0 Å². The molecule has 2 rings (SSSR count). The number of aryl methyl sites for hydroxylation is 1. The number of nitrogens with zero attached hydrogens (tertiary/aromatic N) is 1. The summed E-state index contributed by atoms with van der Waals surface area (Å²) in [6, 6.07) is 7.04. The average Bonchev–Trinajstić information content (AvgIpc) is 3.02. The van der Waals surface area contributed by atoms with Crippen LogP contribution in [0.4, 0.5) is 0 Å². The SMILES string of the molecule is C=C[C@H]1[C@@H](CC(C)C)N1S(=O)(=O)c1ccc(C)cc1. The third-order valence-corrected chi connectivity index (χ3v) is 5.41. The number of sulfonamides is 1. The Bertz CT molecular complexity index is 560. The molecule has 0 bridgehead atoms. The summed E-state index contributed by atoms with van der Waals surface area (Å²) < 4.78 is 26.7. The fourth-order valence-electron chi connectivity index (χ4n) is 2.43. The summed E-state index contributed by atoms with van der Waals surface area (Å²) in [5.41, 5.74) is 1.06. The average molecular weight is 279 g/mol. The molecule has 1 fully saturated rings. The van der Waals surface area contributed by atoms with E-state index in [1.807, 2.05) is 19.1 Å². The monoisotopic (exact) mass is 279 g/mol. The molecule has 0 radical (unpaired) electrons. The largest absolute Gasteiger partial charge is 0.243 e. The molecule has 0 N–H and O–H groups in total. The predicted molar refractivity (Wildman–Crippen MR) is 77.4 cm³/mol. The summed E-state index contributed by atoms with van der Waals surface area (Å²) in [5, 5.41) is 0. The standard InChI is InChI=1S/C15H21NO2S/c1-5-14-15(10-11(2)3)16(14)19(17,18)13-8-6-12(4)7-9-13/h5-9,11,14-15H,1,10H2,2-4H3/t14-,15+,16?/m0/s1. The summed E-state index contributed by atoms with van der Waals surface area (Å²) in [6.45, 7) is 9.90. The second-order valence-corrected chi connectivity index (χ2v) is 7.41. The number of benzene rings is 1. The maximum absolute atomic E-state index is 12.5. The van der Waals surface area contributed by atoms with Gasteiger partial charge in [-0.3, -0.25) is 0 Å². The Kier molecular flexibility index (Phi) is 3.83. The van der Waals surface area contributed by atoms with Gasteiger partial charge in [0.05, 0.1) is 10.9 Å². The lowest BCUT2D eigenvalue weighted by molar-refractivity contribution is 0.515. The molecule has 19 heavy (non-hydrogen) atoms. The van der Waals surface area contributed by atoms with Gasteiger partial charge in [-0.2, -0.15) is 4.31 Å². The number of hydrogen-bond donors (Lipinski definition) is 0. The van der Waals surface area contributed by atoms with Crippen LogP contribution in [0.2, 0.25) is 0 Å². The van der Waals surface area contributed by atoms with Crippen LogP contribution in [0.15, 0.2) is 41.8 Å². The van der Waals surface area contributed by atoms with E-state index in [2.05, 4.69) is 20.4 Å². The Morgan fingerprint density at radius 1 is 1.32 bits per heavy atom. The topological polar surface area (TPSA) is 37.1 Å². The highest BCUT2D eigenvalue weighted by Gasteiger charge is 2.53. The summed E-state index contributed by atoms with van der Waals surface area (Å²) in [6.07, 6.45) is 2.61. The van der Waals surface area contributed by atoms with Crippen molar-refractivity contribution in [1.82, 2.24) is 4.31 Å². The molecular weight excluding hydrogens is 258 g/mol. The summed E-state index contributed by atoms with van der Waals surface area (Å²) in [5.74, 6) is 0.477. The zero-order valence-electron chi connectivity index (χ0n) is 11.7. The van der Waals surface area contributed by atoms with Crippen LogP contribution in [0.3, 0.4) is 0 Å². The van der Waals surface area contributed by atoms with Gasteiger partial charge in [-0.1, -0.05) is 37.6 Å². The molecule has 1 aliphatic heterocycles. The second-order valence-electron chi connectivity index (χ2n) is 5.57. The fourth-order valence-corrected chi connectivity index (χ4v) is 4.22. The van der Waals surface area contributed by atoms with Crippen molar-refractivity contribution >= 4 is 10.0 Å². The lowest BCUT2D eigenvalue weighted by atomic mass is 10.1. The number of rotatable bonds is 5. The molecule has 0 saturated carbocycles. The third kappa shape index (κ3) is 2.74. The van der Waals surface area contributed by atoms with Gasteiger partial charge in [-0.15, -0.1) is 6.58 Å². The fraction of sp³-hybridized carbons (Fsp3) is 0.467. The van der Waals surface area contributed by atoms with Crippen LogP contribution in [0.25, 0.3) is 0 Å². The maximum Gasteiger partial charge on any atom is 0.243 e. The molecule has 1 saturated heterocycles. The number of hydrogen-bond acceptors (Lipinski definition) is 2. The molecule has 3 atom stereocenters. The quantitative estimate of drug-likeness (QED) is 0.614. The molecule has 1 aromatic carbocycles. The van der Waals surface area contributed by atoms with Gasteiger partial charge in [0.25, 0.3) is 0 Å². The minimum absolute atomic E-state index is 0.0475. The first-order chi connectivity index (χ1) is 8.87. The molecule has 0 spiro atoms. The molecule has 0 aliphatic carbocycles. The maximum atomic E-state index is 12.5. The molecule has 3 nitrogen and oxygen atoms in total. The molecule has 0 aromatic heterocycles. The van der Waals surface area contributed by atoms with Gasteiger partial charge in [-0.05, 0) is 31.4 Å². The highest BCUT2D eigenvalue weighted by atomic mass is 32.2. The van der Waals surface area contributed by atoms with Crippen molar-refractivity contribution in [2.24, 2.45) is 5.92 Å². The Hall–Kier alpha value is -1.13. The lowest BCUT2D eigenvalue weighted by Gasteiger charge is -2.08. The normalized spacial score (nSPS) is 26.4. The molecule has 1 unspecified atom stereocenters. The van der Waals surface area contributed by atoms with Crippen molar-refractivity contribution in [2.75, 3.05) is 0 Å². The van der Waals surface area contributed by atoms with E-state index in [1.165, 1.54) is 0 Å². The van der Waals surface area contributed by atoms with Crippen molar-refractivity contribution in [1.29, 1.82) is 0 Å². The smallest absolute Gasteiger partial charge is 0.207 e. The Morgan fingerprint density at radius 2 is 1.89 bits per heavy atom. The molecule has 4 heteroatoms. The van der Waals surface area contributed by atoms with Crippen molar-refractivity contribution in [3.63, 3.8) is 0 Å². The van der Waals surface area contributed by atoms with Crippen molar-refractivity contribution < 1.29 is 8.42 Å². The van der Waals surface area contributed by atoms with Crippen molar-refractivity contribution in [3.05, 3.63) is 42.5 Å². The van der Waals surface area contributed by atoms with Gasteiger partial charge in [0.1, 0.15) is 0 Å². The highest BCUT2D eigenvalue weighted by molar-refractivity contribution is 7.89. The Labute approximate surface area is 116 Å². The molecule has 0 amide bonds. The molecule has 1 aliphatic rings.